The number of carbonyl (C=O) groups excluding carboxylic acids is 2. The van der Waals surface area contributed by atoms with Gasteiger partial charge in [0.25, 0.3) is 5.91 Å². The standard InChI is InChI=1S/C22H17N3O2S/c1-13-11-17(14(2)25(13)22-23-9-10-28-22)19(26)12-24-18-8-4-6-15-5-3-7-16(20(15)18)21(24)27/h3-11H,12H2,1-2H3. The zero-order chi connectivity index (χ0) is 19.4. The zero-order valence-corrected chi connectivity index (χ0v) is 16.3. The van der Waals surface area contributed by atoms with E-state index in [0.29, 0.717) is 11.1 Å². The minimum absolute atomic E-state index is 0.0226. The van der Waals surface area contributed by atoms with Crippen LogP contribution in [0.2, 0.25) is 0 Å². The van der Waals surface area contributed by atoms with E-state index in [1.165, 1.54) is 11.3 Å². The molecule has 0 spiro atoms. The van der Waals surface area contributed by atoms with E-state index in [1.807, 2.05) is 66.3 Å². The van der Waals surface area contributed by atoms with Gasteiger partial charge in [-0.1, -0.05) is 24.3 Å². The van der Waals surface area contributed by atoms with E-state index < -0.39 is 0 Å². The Morgan fingerprint density at radius 3 is 2.68 bits per heavy atom. The first kappa shape index (κ1) is 16.9. The molecule has 28 heavy (non-hydrogen) atoms. The van der Waals surface area contributed by atoms with E-state index in [2.05, 4.69) is 4.98 Å². The van der Waals surface area contributed by atoms with Crippen molar-refractivity contribution in [2.24, 2.45) is 0 Å². The van der Waals surface area contributed by atoms with Crippen molar-refractivity contribution in [2.75, 3.05) is 11.4 Å². The first-order valence-electron chi connectivity index (χ1n) is 9.02. The number of aryl methyl sites for hydroxylation is 1. The number of nitrogens with zero attached hydrogens (tertiary/aromatic N) is 3. The molecule has 5 rings (SSSR count). The lowest BCUT2D eigenvalue weighted by atomic mass is 10.1. The lowest BCUT2D eigenvalue weighted by Gasteiger charge is -2.17. The number of Topliss-reactive ketones (excluding diaryl/α,β-unsaturated/α-hetero) is 1. The Morgan fingerprint density at radius 2 is 1.93 bits per heavy atom. The largest absolute Gasteiger partial charge is 0.300 e. The van der Waals surface area contributed by atoms with Crippen LogP contribution in [0.3, 0.4) is 0 Å². The molecule has 1 amide bonds. The van der Waals surface area contributed by atoms with Crippen molar-refractivity contribution in [3.8, 4) is 5.13 Å². The van der Waals surface area contributed by atoms with E-state index in [1.54, 1.807) is 11.1 Å². The molecule has 4 aromatic rings. The van der Waals surface area contributed by atoms with Gasteiger partial charge in [-0.05, 0) is 37.4 Å². The first-order chi connectivity index (χ1) is 13.6. The molecule has 3 heterocycles. The minimum Gasteiger partial charge on any atom is -0.300 e. The van der Waals surface area contributed by atoms with Crippen LogP contribution in [0.15, 0.2) is 54.0 Å². The number of hydrogen-bond acceptors (Lipinski definition) is 4. The van der Waals surface area contributed by atoms with Gasteiger partial charge in [0.2, 0.25) is 0 Å². The highest BCUT2D eigenvalue weighted by atomic mass is 32.1. The average molecular weight is 387 g/mol. The van der Waals surface area contributed by atoms with Crippen molar-refractivity contribution in [3.05, 3.63) is 76.6 Å². The molecule has 5 nitrogen and oxygen atoms in total. The smallest absolute Gasteiger partial charge is 0.259 e. The predicted molar refractivity (Wildman–Crippen MR) is 111 cm³/mol. The molecular weight excluding hydrogens is 370 g/mol. The number of anilines is 1. The Balaban J connectivity index is 1.52. The topological polar surface area (TPSA) is 55.2 Å². The van der Waals surface area contributed by atoms with Crippen molar-refractivity contribution < 1.29 is 9.59 Å². The SMILES string of the molecule is Cc1cc(C(=O)CN2C(=O)c3cccc4cccc2c34)c(C)n1-c1nccs1. The fourth-order valence-corrected chi connectivity index (χ4v) is 4.78. The van der Waals surface area contributed by atoms with Gasteiger partial charge in [-0.3, -0.25) is 19.1 Å². The fourth-order valence-electron chi connectivity index (χ4n) is 4.03. The van der Waals surface area contributed by atoms with Gasteiger partial charge >= 0.3 is 0 Å². The average Bonchev–Trinajstić information content (AvgIpc) is 3.38. The van der Waals surface area contributed by atoms with Gasteiger partial charge in [-0.2, -0.15) is 0 Å². The van der Waals surface area contributed by atoms with Gasteiger partial charge in [-0.25, -0.2) is 4.98 Å². The summed E-state index contributed by atoms with van der Waals surface area (Å²) in [6.45, 7) is 3.90. The van der Waals surface area contributed by atoms with Crippen LogP contribution in [-0.4, -0.2) is 27.8 Å². The summed E-state index contributed by atoms with van der Waals surface area (Å²) in [5.41, 5.74) is 3.90. The molecule has 6 heteroatoms. The van der Waals surface area contributed by atoms with Crippen LogP contribution in [-0.2, 0) is 0 Å². The lowest BCUT2D eigenvalue weighted by Crippen LogP contribution is -2.32. The highest BCUT2D eigenvalue weighted by molar-refractivity contribution is 7.12. The quantitative estimate of drug-likeness (QED) is 0.483. The number of ketones is 1. The number of aromatic nitrogens is 2. The van der Waals surface area contributed by atoms with E-state index in [9.17, 15) is 9.59 Å². The Bertz CT molecular complexity index is 1250. The van der Waals surface area contributed by atoms with E-state index >= 15 is 0 Å². The highest BCUT2D eigenvalue weighted by Crippen LogP contribution is 2.37. The van der Waals surface area contributed by atoms with Crippen LogP contribution in [0.4, 0.5) is 5.69 Å². The van der Waals surface area contributed by atoms with Gasteiger partial charge in [0, 0.05) is 39.5 Å². The molecule has 2 aromatic heterocycles. The Hall–Kier alpha value is -3.25. The summed E-state index contributed by atoms with van der Waals surface area (Å²) in [5, 5.41) is 4.69. The molecule has 0 fully saturated rings. The number of amides is 1. The summed E-state index contributed by atoms with van der Waals surface area (Å²) in [7, 11) is 0. The summed E-state index contributed by atoms with van der Waals surface area (Å²) < 4.78 is 1.99. The third-order valence-corrected chi connectivity index (χ3v) is 6.05. The molecule has 0 radical (unpaired) electrons. The van der Waals surface area contributed by atoms with Crippen molar-refractivity contribution in [3.63, 3.8) is 0 Å². The van der Waals surface area contributed by atoms with Crippen LogP contribution in [0.25, 0.3) is 15.9 Å². The Kier molecular flexibility index (Phi) is 3.70. The second-order valence-corrected chi connectivity index (χ2v) is 7.80. The third-order valence-electron chi connectivity index (χ3n) is 5.29. The second-order valence-electron chi connectivity index (χ2n) is 6.93. The number of benzene rings is 2. The van der Waals surface area contributed by atoms with Crippen molar-refractivity contribution in [2.45, 2.75) is 13.8 Å². The zero-order valence-electron chi connectivity index (χ0n) is 15.5. The maximum Gasteiger partial charge on any atom is 0.259 e. The molecule has 0 unspecified atom stereocenters. The molecule has 2 aromatic carbocycles. The van der Waals surface area contributed by atoms with Gasteiger partial charge in [-0.15, -0.1) is 11.3 Å². The van der Waals surface area contributed by atoms with Gasteiger partial charge in [0.05, 0.1) is 12.2 Å². The Labute approximate surface area is 165 Å². The maximum absolute atomic E-state index is 13.1. The minimum atomic E-state index is -0.117. The number of thiazole rings is 1. The lowest BCUT2D eigenvalue weighted by molar-refractivity contribution is 0.0941. The van der Waals surface area contributed by atoms with E-state index in [-0.39, 0.29) is 18.2 Å². The molecule has 0 saturated carbocycles. The van der Waals surface area contributed by atoms with Crippen molar-refractivity contribution >= 4 is 39.5 Å². The molecule has 0 aliphatic carbocycles. The monoisotopic (exact) mass is 387 g/mol. The number of rotatable bonds is 4. The molecule has 0 bridgehead atoms. The van der Waals surface area contributed by atoms with E-state index in [4.69, 9.17) is 0 Å². The molecule has 138 valence electrons. The summed E-state index contributed by atoms with van der Waals surface area (Å²) in [4.78, 5) is 32.0. The molecule has 0 N–H and O–H groups in total. The van der Waals surface area contributed by atoms with Crippen LogP contribution in [0.5, 0.6) is 0 Å². The molecule has 1 aliphatic heterocycles. The first-order valence-corrected chi connectivity index (χ1v) is 9.90. The van der Waals surface area contributed by atoms with Gasteiger partial charge < -0.3 is 0 Å². The van der Waals surface area contributed by atoms with Gasteiger partial charge in [0.15, 0.2) is 10.9 Å². The maximum atomic E-state index is 13.1. The number of carbonyl (C=O) groups is 2. The second kappa shape index (κ2) is 6.14. The fraction of sp³-hybridized carbons (Fsp3) is 0.136. The van der Waals surface area contributed by atoms with Crippen LogP contribution in [0.1, 0.15) is 32.1 Å². The predicted octanol–water partition coefficient (Wildman–Crippen LogP) is 4.55. The number of hydrogen-bond donors (Lipinski definition) is 0. The van der Waals surface area contributed by atoms with Crippen LogP contribution < -0.4 is 4.90 Å². The summed E-state index contributed by atoms with van der Waals surface area (Å²) >= 11 is 1.53. The van der Waals surface area contributed by atoms with Crippen molar-refractivity contribution in [1.82, 2.24) is 9.55 Å². The molecule has 0 atom stereocenters. The van der Waals surface area contributed by atoms with Crippen molar-refractivity contribution in [1.29, 1.82) is 0 Å². The molecule has 1 aliphatic rings. The Morgan fingerprint density at radius 1 is 1.14 bits per heavy atom. The molecular formula is C22H17N3O2S. The van der Waals surface area contributed by atoms with E-state index in [0.717, 1.165) is 33.0 Å². The summed E-state index contributed by atoms with van der Waals surface area (Å²) in [6.07, 6.45) is 1.75. The normalized spacial score (nSPS) is 12.9. The van der Waals surface area contributed by atoms with Crippen LogP contribution >= 0.6 is 11.3 Å². The highest BCUT2D eigenvalue weighted by Gasteiger charge is 2.31. The van der Waals surface area contributed by atoms with Crippen LogP contribution in [0, 0.1) is 13.8 Å². The summed E-state index contributed by atoms with van der Waals surface area (Å²) in [5.74, 6) is -0.192. The third kappa shape index (κ3) is 2.34. The molecule has 0 saturated heterocycles. The van der Waals surface area contributed by atoms with Gasteiger partial charge in [0.1, 0.15) is 0 Å². The summed E-state index contributed by atoms with van der Waals surface area (Å²) in [6, 6.07) is 13.4.